The van der Waals surface area contributed by atoms with E-state index >= 15 is 0 Å². The summed E-state index contributed by atoms with van der Waals surface area (Å²) in [5.41, 5.74) is 1.62. The molecule has 0 nitrogen and oxygen atoms in total. The van der Waals surface area contributed by atoms with E-state index in [4.69, 9.17) is 0 Å². The van der Waals surface area contributed by atoms with Gasteiger partial charge in [-0.2, -0.15) is 0 Å². The number of allylic oxidation sites excluding steroid dienone is 2. The highest BCUT2D eigenvalue weighted by Gasteiger charge is 2.06. The summed E-state index contributed by atoms with van der Waals surface area (Å²) in [7, 11) is 0. The maximum absolute atomic E-state index is 2.48. The topological polar surface area (TPSA) is 0 Å². The van der Waals surface area contributed by atoms with E-state index in [1.807, 2.05) is 0 Å². The van der Waals surface area contributed by atoms with E-state index < -0.39 is 0 Å². The van der Waals surface area contributed by atoms with E-state index in [1.54, 1.807) is 5.57 Å². The highest BCUT2D eigenvalue weighted by Crippen LogP contribution is 2.23. The first-order valence-electron chi connectivity index (χ1n) is 4.50. The molecule has 0 aliphatic heterocycles. The molecular weight excluding hydrogens is 120 g/mol. The first kappa shape index (κ1) is 7.84. The molecule has 0 bridgehead atoms. The summed E-state index contributed by atoms with van der Waals surface area (Å²) in [5, 5.41) is 0. The van der Waals surface area contributed by atoms with E-state index in [2.05, 4.69) is 19.9 Å². The lowest BCUT2D eigenvalue weighted by Gasteiger charge is -2.05. The molecule has 10 heavy (non-hydrogen) atoms. The second kappa shape index (κ2) is 3.80. The predicted octanol–water partition coefficient (Wildman–Crippen LogP) is 3.53. The number of rotatable bonds is 1. The molecule has 0 amide bonds. The molecule has 0 aromatic heterocycles. The van der Waals surface area contributed by atoms with Crippen molar-refractivity contribution in [1.29, 1.82) is 0 Å². The first-order valence-corrected chi connectivity index (χ1v) is 4.50. The van der Waals surface area contributed by atoms with Crippen LogP contribution in [0.4, 0.5) is 0 Å². The zero-order valence-corrected chi connectivity index (χ0v) is 7.19. The minimum Gasteiger partial charge on any atom is -0.0825 e. The van der Waals surface area contributed by atoms with Crippen molar-refractivity contribution in [3.8, 4) is 0 Å². The zero-order valence-electron chi connectivity index (χ0n) is 7.19. The van der Waals surface area contributed by atoms with Crippen molar-refractivity contribution in [2.75, 3.05) is 0 Å². The Morgan fingerprint density at radius 3 is 3.00 bits per heavy atom. The monoisotopic (exact) mass is 138 g/mol. The molecule has 0 spiro atoms. The van der Waals surface area contributed by atoms with Gasteiger partial charge in [0.1, 0.15) is 0 Å². The van der Waals surface area contributed by atoms with Gasteiger partial charge in [-0.25, -0.2) is 0 Å². The molecule has 0 heteroatoms. The van der Waals surface area contributed by atoms with E-state index in [9.17, 15) is 0 Å². The standard InChI is InChI=1S/C10H18/c1-3-10-7-5-4-6-9(2)8-10/h8,10H,3-7H2,1-2H3/t10-/m1/s1. The van der Waals surface area contributed by atoms with Crippen LogP contribution in [0.25, 0.3) is 0 Å². The summed E-state index contributed by atoms with van der Waals surface area (Å²) in [6, 6.07) is 0. The lowest BCUT2D eigenvalue weighted by Crippen LogP contribution is -1.91. The van der Waals surface area contributed by atoms with Gasteiger partial charge in [0.2, 0.25) is 0 Å². The fourth-order valence-electron chi connectivity index (χ4n) is 1.70. The fourth-order valence-corrected chi connectivity index (χ4v) is 1.70. The van der Waals surface area contributed by atoms with E-state index in [1.165, 1.54) is 32.1 Å². The van der Waals surface area contributed by atoms with Gasteiger partial charge in [-0.3, -0.25) is 0 Å². The predicted molar refractivity (Wildman–Crippen MR) is 46.0 cm³/mol. The maximum Gasteiger partial charge on any atom is -0.0234 e. The van der Waals surface area contributed by atoms with Crippen LogP contribution in [-0.2, 0) is 0 Å². The first-order chi connectivity index (χ1) is 4.83. The van der Waals surface area contributed by atoms with Gasteiger partial charge >= 0.3 is 0 Å². The highest BCUT2D eigenvalue weighted by atomic mass is 14.1. The van der Waals surface area contributed by atoms with Gasteiger partial charge in [0.15, 0.2) is 0 Å². The highest BCUT2D eigenvalue weighted by molar-refractivity contribution is 5.02. The average Bonchev–Trinajstić information content (AvgIpc) is 2.13. The van der Waals surface area contributed by atoms with Crippen LogP contribution in [0.15, 0.2) is 11.6 Å². The molecule has 1 aliphatic rings. The molecule has 0 N–H and O–H groups in total. The van der Waals surface area contributed by atoms with Gasteiger partial charge in [-0.15, -0.1) is 0 Å². The van der Waals surface area contributed by atoms with Crippen LogP contribution >= 0.6 is 0 Å². The Morgan fingerprint density at radius 1 is 1.50 bits per heavy atom. The quantitative estimate of drug-likeness (QED) is 0.486. The third-order valence-corrected chi connectivity index (χ3v) is 2.44. The molecule has 1 aliphatic carbocycles. The summed E-state index contributed by atoms with van der Waals surface area (Å²) in [6.45, 7) is 4.56. The lowest BCUT2D eigenvalue weighted by molar-refractivity contribution is 0.547. The van der Waals surface area contributed by atoms with Gasteiger partial charge in [0.25, 0.3) is 0 Å². The van der Waals surface area contributed by atoms with Crippen molar-refractivity contribution in [3.05, 3.63) is 11.6 Å². The Kier molecular flexibility index (Phi) is 2.98. The van der Waals surface area contributed by atoms with Crippen molar-refractivity contribution in [1.82, 2.24) is 0 Å². The molecule has 58 valence electrons. The molecular formula is C10H18. The lowest BCUT2D eigenvalue weighted by atomic mass is 10.0. The molecule has 0 radical (unpaired) electrons. The molecule has 0 fully saturated rings. The number of hydrogen-bond acceptors (Lipinski definition) is 0. The average molecular weight is 138 g/mol. The van der Waals surface area contributed by atoms with Crippen LogP contribution in [0.5, 0.6) is 0 Å². The van der Waals surface area contributed by atoms with Crippen LogP contribution < -0.4 is 0 Å². The van der Waals surface area contributed by atoms with Crippen molar-refractivity contribution in [3.63, 3.8) is 0 Å². The van der Waals surface area contributed by atoms with Gasteiger partial charge < -0.3 is 0 Å². The Balaban J connectivity index is 2.48. The minimum absolute atomic E-state index is 0.891. The third kappa shape index (κ3) is 2.17. The summed E-state index contributed by atoms with van der Waals surface area (Å²) in [6.07, 6.45) is 9.43. The normalized spacial score (nSPS) is 27.4. The van der Waals surface area contributed by atoms with E-state index in [0.717, 1.165) is 5.92 Å². The molecule has 0 aromatic rings. The Morgan fingerprint density at radius 2 is 2.30 bits per heavy atom. The van der Waals surface area contributed by atoms with Gasteiger partial charge in [-0.1, -0.05) is 25.0 Å². The Labute approximate surface area is 64.3 Å². The van der Waals surface area contributed by atoms with Crippen LogP contribution in [-0.4, -0.2) is 0 Å². The van der Waals surface area contributed by atoms with Gasteiger partial charge in [0.05, 0.1) is 0 Å². The Hall–Kier alpha value is -0.260. The zero-order chi connectivity index (χ0) is 7.40. The van der Waals surface area contributed by atoms with Crippen LogP contribution in [0.1, 0.15) is 46.0 Å². The van der Waals surface area contributed by atoms with Gasteiger partial charge in [-0.05, 0) is 38.5 Å². The van der Waals surface area contributed by atoms with Crippen molar-refractivity contribution in [2.24, 2.45) is 5.92 Å². The van der Waals surface area contributed by atoms with Crippen molar-refractivity contribution in [2.45, 2.75) is 46.0 Å². The van der Waals surface area contributed by atoms with Crippen molar-refractivity contribution >= 4 is 0 Å². The second-order valence-corrected chi connectivity index (χ2v) is 3.43. The molecule has 1 rings (SSSR count). The van der Waals surface area contributed by atoms with E-state index in [0.29, 0.717) is 0 Å². The molecule has 0 aromatic carbocycles. The summed E-state index contributed by atoms with van der Waals surface area (Å²) in [5.74, 6) is 0.891. The summed E-state index contributed by atoms with van der Waals surface area (Å²) >= 11 is 0. The SMILES string of the molecule is CC[C@H]1C=C(C)CCCC1. The van der Waals surface area contributed by atoms with Crippen LogP contribution in [0.3, 0.4) is 0 Å². The minimum atomic E-state index is 0.891. The smallest absolute Gasteiger partial charge is 0.0234 e. The Bertz CT molecular complexity index is 122. The molecule has 0 saturated carbocycles. The maximum atomic E-state index is 2.48. The molecule has 1 atom stereocenters. The third-order valence-electron chi connectivity index (χ3n) is 2.44. The molecule has 0 heterocycles. The second-order valence-electron chi connectivity index (χ2n) is 3.43. The van der Waals surface area contributed by atoms with Crippen molar-refractivity contribution < 1.29 is 0 Å². The molecule has 0 saturated heterocycles. The summed E-state index contributed by atoms with van der Waals surface area (Å²) in [4.78, 5) is 0. The fraction of sp³-hybridized carbons (Fsp3) is 0.800. The largest absolute Gasteiger partial charge is 0.0825 e. The van der Waals surface area contributed by atoms with Gasteiger partial charge in [0, 0.05) is 0 Å². The number of hydrogen-bond donors (Lipinski definition) is 0. The van der Waals surface area contributed by atoms with Crippen LogP contribution in [0, 0.1) is 5.92 Å². The van der Waals surface area contributed by atoms with Crippen LogP contribution in [0.2, 0.25) is 0 Å². The van der Waals surface area contributed by atoms with E-state index in [-0.39, 0.29) is 0 Å². The summed E-state index contributed by atoms with van der Waals surface area (Å²) < 4.78 is 0. The molecule has 0 unspecified atom stereocenters.